The molecule has 0 unspecified atom stereocenters. The number of benzene rings is 1. The normalized spacial score (nSPS) is 10.8. The Bertz CT molecular complexity index is 794. The molecule has 0 atom stereocenters. The molecule has 9 nitrogen and oxygen atoms in total. The van der Waals surface area contributed by atoms with Crippen LogP contribution >= 0.6 is 0 Å². The van der Waals surface area contributed by atoms with Crippen molar-refractivity contribution in [1.29, 1.82) is 0 Å². The van der Waals surface area contributed by atoms with Crippen LogP contribution in [0.15, 0.2) is 28.7 Å². The number of oxazole rings is 1. The topological polar surface area (TPSA) is 143 Å². The van der Waals surface area contributed by atoms with Gasteiger partial charge in [0.15, 0.2) is 23.9 Å². The lowest BCUT2D eigenvalue weighted by atomic mass is 10.3. The number of ether oxygens (including phenoxy) is 1. The molecule has 0 saturated heterocycles. The summed E-state index contributed by atoms with van der Waals surface area (Å²) < 4.78 is 10.6. The van der Waals surface area contributed by atoms with Gasteiger partial charge in [0, 0.05) is 6.42 Å². The maximum absolute atomic E-state index is 11.7. The van der Waals surface area contributed by atoms with Gasteiger partial charge in [0.25, 0.3) is 0 Å². The summed E-state index contributed by atoms with van der Waals surface area (Å²) in [6.45, 7) is -0.122. The molecule has 0 aliphatic rings. The quantitative estimate of drug-likeness (QED) is 0.655. The molecular formula is C14H14N6O3. The number of carbonyl (C=O) groups excluding carboxylic acids is 1. The predicted molar refractivity (Wildman–Crippen MR) is 80.8 cm³/mol. The molecule has 9 heteroatoms. The zero-order valence-electron chi connectivity index (χ0n) is 12.1. The van der Waals surface area contributed by atoms with Crippen molar-refractivity contribution in [2.24, 2.45) is 0 Å². The van der Waals surface area contributed by atoms with Crippen LogP contribution in [0.2, 0.25) is 0 Å². The average Bonchev–Trinajstić information content (AvgIpc) is 2.93. The number of hydrogen-bond donors (Lipinski definition) is 2. The number of hydrogen-bond acceptors (Lipinski definition) is 9. The van der Waals surface area contributed by atoms with Gasteiger partial charge in [-0.2, -0.15) is 15.0 Å². The number of nitrogens with two attached hydrogens (primary N) is 2. The Labute approximate surface area is 130 Å². The van der Waals surface area contributed by atoms with Crippen molar-refractivity contribution in [3.8, 4) is 0 Å². The Morgan fingerprint density at radius 2 is 1.83 bits per heavy atom. The Morgan fingerprint density at radius 1 is 1.09 bits per heavy atom. The fraction of sp³-hybridized carbons (Fsp3) is 0.214. The maximum atomic E-state index is 11.7. The zero-order valence-corrected chi connectivity index (χ0v) is 12.1. The lowest BCUT2D eigenvalue weighted by Crippen LogP contribution is -2.11. The van der Waals surface area contributed by atoms with Crippen molar-refractivity contribution in [3.63, 3.8) is 0 Å². The number of nitrogen functional groups attached to an aromatic ring is 2. The molecule has 4 N–H and O–H groups in total. The molecule has 2 aromatic heterocycles. The van der Waals surface area contributed by atoms with Crippen molar-refractivity contribution < 1.29 is 13.9 Å². The molecule has 0 spiro atoms. The predicted octanol–water partition coefficient (Wildman–Crippen LogP) is 0.853. The molecule has 0 amide bonds. The number of anilines is 2. The summed E-state index contributed by atoms with van der Waals surface area (Å²) in [5, 5.41) is 0. The van der Waals surface area contributed by atoms with Gasteiger partial charge >= 0.3 is 5.97 Å². The van der Waals surface area contributed by atoms with Gasteiger partial charge in [-0.3, -0.25) is 4.79 Å². The number of rotatable bonds is 5. The van der Waals surface area contributed by atoms with Crippen molar-refractivity contribution in [1.82, 2.24) is 19.9 Å². The van der Waals surface area contributed by atoms with E-state index < -0.39 is 5.97 Å². The number of esters is 1. The summed E-state index contributed by atoms with van der Waals surface area (Å²) in [4.78, 5) is 27.3. The number of carbonyl (C=O) groups is 1. The van der Waals surface area contributed by atoms with Crippen LogP contribution in [0.1, 0.15) is 18.1 Å². The molecule has 0 radical (unpaired) electrons. The Balaban J connectivity index is 1.53. The van der Waals surface area contributed by atoms with Crippen LogP contribution in [0.3, 0.4) is 0 Å². The van der Waals surface area contributed by atoms with Crippen LogP contribution in [0, 0.1) is 0 Å². The first-order chi connectivity index (χ1) is 11.1. The third kappa shape index (κ3) is 3.70. The van der Waals surface area contributed by atoms with Crippen molar-refractivity contribution in [2.75, 3.05) is 11.5 Å². The summed E-state index contributed by atoms with van der Waals surface area (Å²) in [7, 11) is 0. The maximum Gasteiger partial charge on any atom is 0.306 e. The van der Waals surface area contributed by atoms with Gasteiger partial charge in [0.1, 0.15) is 5.52 Å². The molecule has 118 valence electrons. The number of fused-ring (bicyclic) bond motifs is 1. The van der Waals surface area contributed by atoms with Gasteiger partial charge in [0.05, 0.1) is 6.42 Å². The molecule has 0 aliphatic heterocycles. The highest BCUT2D eigenvalue weighted by Crippen LogP contribution is 2.15. The van der Waals surface area contributed by atoms with Gasteiger partial charge in [-0.05, 0) is 12.1 Å². The fourth-order valence-electron chi connectivity index (χ4n) is 1.97. The minimum Gasteiger partial charge on any atom is -0.457 e. The molecule has 3 rings (SSSR count). The second-order valence-corrected chi connectivity index (χ2v) is 4.70. The van der Waals surface area contributed by atoms with E-state index in [-0.39, 0.29) is 30.7 Å². The first kappa shape index (κ1) is 14.7. The Kier molecular flexibility index (Phi) is 4.00. The van der Waals surface area contributed by atoms with Crippen molar-refractivity contribution in [2.45, 2.75) is 19.4 Å². The van der Waals surface area contributed by atoms with Crippen LogP contribution in [0.25, 0.3) is 11.1 Å². The summed E-state index contributed by atoms with van der Waals surface area (Å²) in [6.07, 6.45) is 0.470. The highest BCUT2D eigenvalue weighted by atomic mass is 16.5. The van der Waals surface area contributed by atoms with Crippen LogP contribution < -0.4 is 11.5 Å². The summed E-state index contributed by atoms with van der Waals surface area (Å²) in [5.74, 6) is 0.219. The van der Waals surface area contributed by atoms with E-state index in [2.05, 4.69) is 19.9 Å². The van der Waals surface area contributed by atoms with E-state index in [0.29, 0.717) is 17.9 Å². The Hall–Kier alpha value is -3.23. The fourth-order valence-corrected chi connectivity index (χ4v) is 1.97. The first-order valence-electron chi connectivity index (χ1n) is 6.86. The Morgan fingerprint density at radius 3 is 2.57 bits per heavy atom. The van der Waals surface area contributed by atoms with Gasteiger partial charge < -0.3 is 20.6 Å². The van der Waals surface area contributed by atoms with Crippen LogP contribution in [0.4, 0.5) is 11.9 Å². The van der Waals surface area contributed by atoms with Gasteiger partial charge in [-0.15, -0.1) is 0 Å². The number of aryl methyl sites for hydroxylation is 1. The zero-order chi connectivity index (χ0) is 16.2. The van der Waals surface area contributed by atoms with Gasteiger partial charge in [-0.1, -0.05) is 12.1 Å². The van der Waals surface area contributed by atoms with E-state index >= 15 is 0 Å². The minimum atomic E-state index is -0.426. The molecule has 0 fully saturated rings. The molecule has 2 heterocycles. The third-order valence-corrected chi connectivity index (χ3v) is 2.96. The van der Waals surface area contributed by atoms with E-state index in [9.17, 15) is 4.79 Å². The highest BCUT2D eigenvalue weighted by molar-refractivity contribution is 5.72. The summed E-state index contributed by atoms with van der Waals surface area (Å²) in [5.41, 5.74) is 12.3. The monoisotopic (exact) mass is 314 g/mol. The van der Waals surface area contributed by atoms with E-state index in [4.69, 9.17) is 20.6 Å². The van der Waals surface area contributed by atoms with E-state index in [1.807, 2.05) is 24.3 Å². The summed E-state index contributed by atoms with van der Waals surface area (Å²) >= 11 is 0. The summed E-state index contributed by atoms with van der Waals surface area (Å²) in [6, 6.07) is 7.39. The highest BCUT2D eigenvalue weighted by Gasteiger charge is 2.10. The lowest BCUT2D eigenvalue weighted by molar-refractivity contribution is -0.145. The van der Waals surface area contributed by atoms with Gasteiger partial charge in [0.2, 0.25) is 11.9 Å². The van der Waals surface area contributed by atoms with E-state index in [1.54, 1.807) is 0 Å². The average molecular weight is 314 g/mol. The molecule has 0 saturated carbocycles. The molecule has 3 aromatic rings. The first-order valence-corrected chi connectivity index (χ1v) is 6.86. The van der Waals surface area contributed by atoms with Crippen LogP contribution in [-0.4, -0.2) is 25.9 Å². The minimum absolute atomic E-state index is 0.0185. The number of nitrogens with zero attached hydrogens (tertiary/aromatic N) is 4. The van der Waals surface area contributed by atoms with Crippen molar-refractivity contribution in [3.05, 3.63) is 36.0 Å². The van der Waals surface area contributed by atoms with E-state index in [1.165, 1.54) is 0 Å². The van der Waals surface area contributed by atoms with Gasteiger partial charge in [-0.25, -0.2) is 4.98 Å². The molecule has 23 heavy (non-hydrogen) atoms. The van der Waals surface area contributed by atoms with Crippen LogP contribution in [-0.2, 0) is 22.6 Å². The second kappa shape index (κ2) is 6.26. The molecule has 0 aliphatic carbocycles. The number of para-hydroxylation sites is 2. The second-order valence-electron chi connectivity index (χ2n) is 4.70. The third-order valence-electron chi connectivity index (χ3n) is 2.96. The van der Waals surface area contributed by atoms with Crippen molar-refractivity contribution >= 4 is 29.0 Å². The lowest BCUT2D eigenvalue weighted by Gasteiger charge is -2.04. The number of aromatic nitrogens is 4. The standard InChI is InChI=1S/C14H14N6O3/c15-13-18-10(19-14(16)20-13)7-22-12(21)6-5-11-17-8-3-1-2-4-9(8)23-11/h1-4H,5-7H2,(H4,15,16,18,19,20). The van der Waals surface area contributed by atoms with E-state index in [0.717, 1.165) is 5.52 Å². The smallest absolute Gasteiger partial charge is 0.306 e. The van der Waals surface area contributed by atoms with Crippen LogP contribution in [0.5, 0.6) is 0 Å². The molecular weight excluding hydrogens is 300 g/mol. The SMILES string of the molecule is Nc1nc(N)nc(COC(=O)CCc2nc3ccccc3o2)n1. The molecule has 1 aromatic carbocycles. The largest absolute Gasteiger partial charge is 0.457 e. The molecule has 0 bridgehead atoms.